The van der Waals surface area contributed by atoms with Crippen molar-refractivity contribution in [3.05, 3.63) is 0 Å². The highest BCUT2D eigenvalue weighted by Gasteiger charge is 2.14. The van der Waals surface area contributed by atoms with Gasteiger partial charge in [0.1, 0.15) is 6.23 Å². The Kier molecular flexibility index (Phi) is 3.86. The summed E-state index contributed by atoms with van der Waals surface area (Å²) in [6, 6.07) is 0. The summed E-state index contributed by atoms with van der Waals surface area (Å²) in [6.45, 7) is 6.74. The molecule has 1 atom stereocenters. The van der Waals surface area contributed by atoms with Crippen LogP contribution in [0.2, 0.25) is 0 Å². The van der Waals surface area contributed by atoms with E-state index in [0.29, 0.717) is 6.54 Å². The van der Waals surface area contributed by atoms with E-state index in [9.17, 15) is 0 Å². The molecule has 0 heterocycles. The number of nitrogens with two attached hydrogens (primary N) is 1. The zero-order valence-corrected chi connectivity index (χ0v) is 7.27. The van der Waals surface area contributed by atoms with Crippen LogP contribution < -0.4 is 11.1 Å². The monoisotopic (exact) mass is 146 g/mol. The fraction of sp³-hybridized carbons (Fsp3) is 1.00. The van der Waals surface area contributed by atoms with Crippen LogP contribution in [0, 0.1) is 0 Å². The number of nitrogens with one attached hydrogen (secondary N) is 1. The number of methoxy groups -OCH3 is 1. The van der Waals surface area contributed by atoms with Crippen molar-refractivity contribution in [2.24, 2.45) is 5.73 Å². The molecule has 0 bridgehead atoms. The number of hydrogen-bond acceptors (Lipinski definition) is 3. The molecule has 0 saturated carbocycles. The third-order valence-electron chi connectivity index (χ3n) is 1.09. The van der Waals surface area contributed by atoms with Gasteiger partial charge in [-0.2, -0.15) is 0 Å². The topological polar surface area (TPSA) is 47.3 Å². The van der Waals surface area contributed by atoms with Crippen molar-refractivity contribution < 1.29 is 4.74 Å². The van der Waals surface area contributed by atoms with Crippen LogP contribution in [0.25, 0.3) is 0 Å². The molecule has 0 radical (unpaired) electrons. The van der Waals surface area contributed by atoms with E-state index in [1.54, 1.807) is 7.11 Å². The van der Waals surface area contributed by atoms with Gasteiger partial charge in [-0.15, -0.1) is 0 Å². The van der Waals surface area contributed by atoms with Crippen LogP contribution in [0.3, 0.4) is 0 Å². The van der Waals surface area contributed by atoms with E-state index in [-0.39, 0.29) is 11.8 Å². The van der Waals surface area contributed by atoms with E-state index in [0.717, 1.165) is 0 Å². The molecule has 0 rings (SSSR count). The van der Waals surface area contributed by atoms with E-state index in [2.05, 4.69) is 26.1 Å². The van der Waals surface area contributed by atoms with Crippen LogP contribution in [0.4, 0.5) is 0 Å². The molecule has 62 valence electrons. The first-order valence-corrected chi connectivity index (χ1v) is 3.50. The van der Waals surface area contributed by atoms with Gasteiger partial charge >= 0.3 is 0 Å². The van der Waals surface area contributed by atoms with Crippen molar-refractivity contribution in [3.8, 4) is 0 Å². The van der Waals surface area contributed by atoms with Crippen LogP contribution in [0.1, 0.15) is 20.8 Å². The Morgan fingerprint density at radius 1 is 1.50 bits per heavy atom. The van der Waals surface area contributed by atoms with Crippen LogP contribution >= 0.6 is 0 Å². The highest BCUT2D eigenvalue weighted by molar-refractivity contribution is 4.72. The van der Waals surface area contributed by atoms with E-state index in [1.807, 2.05) is 0 Å². The van der Waals surface area contributed by atoms with Gasteiger partial charge in [-0.1, -0.05) is 0 Å². The average molecular weight is 146 g/mol. The number of hydrogen-bond donors (Lipinski definition) is 2. The summed E-state index contributed by atoms with van der Waals surface area (Å²) in [5.41, 5.74) is 5.47. The molecule has 3 heteroatoms. The minimum Gasteiger partial charge on any atom is -0.365 e. The van der Waals surface area contributed by atoms with E-state index in [1.165, 1.54) is 0 Å². The fourth-order valence-corrected chi connectivity index (χ4v) is 0.697. The Balaban J connectivity index is 3.63. The Hall–Kier alpha value is -0.120. The molecule has 0 aliphatic carbocycles. The highest BCUT2D eigenvalue weighted by atomic mass is 16.5. The van der Waals surface area contributed by atoms with Gasteiger partial charge in [0, 0.05) is 19.2 Å². The summed E-state index contributed by atoms with van der Waals surface area (Å²) in [6.07, 6.45) is -0.0278. The predicted molar refractivity (Wildman–Crippen MR) is 42.7 cm³/mol. The molecule has 0 fully saturated rings. The lowest BCUT2D eigenvalue weighted by Gasteiger charge is -2.26. The van der Waals surface area contributed by atoms with Gasteiger partial charge in [0.15, 0.2) is 0 Å². The third-order valence-corrected chi connectivity index (χ3v) is 1.09. The standard InChI is InChI=1S/C7H18N2O/c1-7(2,3)9-6(5-8)10-4/h6,9H,5,8H2,1-4H3. The molecule has 3 nitrogen and oxygen atoms in total. The van der Waals surface area contributed by atoms with Gasteiger partial charge in [0.25, 0.3) is 0 Å². The predicted octanol–water partition coefficient (Wildman–Crippen LogP) is 0.306. The zero-order valence-electron chi connectivity index (χ0n) is 7.27. The molecule has 0 aliphatic rings. The Morgan fingerprint density at radius 3 is 2.10 bits per heavy atom. The van der Waals surface area contributed by atoms with Crippen LogP contribution in [0.15, 0.2) is 0 Å². The van der Waals surface area contributed by atoms with Crippen molar-refractivity contribution in [3.63, 3.8) is 0 Å². The van der Waals surface area contributed by atoms with Gasteiger partial charge in [-0.05, 0) is 20.8 Å². The largest absolute Gasteiger partial charge is 0.365 e. The SMILES string of the molecule is COC(CN)NC(C)(C)C. The lowest BCUT2D eigenvalue weighted by atomic mass is 10.1. The molecule has 3 N–H and O–H groups in total. The summed E-state index contributed by atoms with van der Waals surface area (Å²) in [5.74, 6) is 0. The van der Waals surface area contributed by atoms with E-state index < -0.39 is 0 Å². The molecule has 1 unspecified atom stereocenters. The zero-order chi connectivity index (χ0) is 8.20. The van der Waals surface area contributed by atoms with Crippen LogP contribution in [-0.2, 0) is 4.74 Å². The van der Waals surface area contributed by atoms with Crippen LogP contribution in [0.5, 0.6) is 0 Å². The molecular weight excluding hydrogens is 128 g/mol. The first-order valence-electron chi connectivity index (χ1n) is 3.50. The van der Waals surface area contributed by atoms with Gasteiger partial charge in [-0.25, -0.2) is 0 Å². The quantitative estimate of drug-likeness (QED) is 0.563. The molecule has 0 aromatic rings. The Morgan fingerprint density at radius 2 is 2.00 bits per heavy atom. The minimum absolute atomic E-state index is 0.0278. The van der Waals surface area contributed by atoms with Crippen molar-refractivity contribution >= 4 is 0 Å². The molecule has 0 aromatic heterocycles. The maximum Gasteiger partial charge on any atom is 0.120 e. The molecule has 0 amide bonds. The molecular formula is C7H18N2O. The molecule has 0 saturated heterocycles. The van der Waals surface area contributed by atoms with E-state index in [4.69, 9.17) is 10.5 Å². The fourth-order valence-electron chi connectivity index (χ4n) is 0.697. The second kappa shape index (κ2) is 3.91. The summed E-state index contributed by atoms with van der Waals surface area (Å²) < 4.78 is 5.04. The van der Waals surface area contributed by atoms with Crippen molar-refractivity contribution in [1.29, 1.82) is 0 Å². The average Bonchev–Trinajstić information content (AvgIpc) is 1.81. The second-order valence-corrected chi connectivity index (χ2v) is 3.35. The first kappa shape index (κ1) is 9.88. The normalized spacial score (nSPS) is 15.3. The van der Waals surface area contributed by atoms with Gasteiger partial charge in [0.2, 0.25) is 0 Å². The van der Waals surface area contributed by atoms with Gasteiger partial charge in [0.05, 0.1) is 0 Å². The van der Waals surface area contributed by atoms with Crippen LogP contribution in [-0.4, -0.2) is 25.4 Å². The maximum absolute atomic E-state index is 5.40. The number of rotatable bonds is 3. The maximum atomic E-state index is 5.40. The summed E-state index contributed by atoms with van der Waals surface area (Å²) >= 11 is 0. The number of ether oxygens (including phenoxy) is 1. The van der Waals surface area contributed by atoms with Gasteiger partial charge in [-0.3, -0.25) is 5.32 Å². The van der Waals surface area contributed by atoms with Crippen molar-refractivity contribution in [2.45, 2.75) is 32.5 Å². The molecule has 0 aliphatic heterocycles. The lowest BCUT2D eigenvalue weighted by molar-refractivity contribution is 0.0590. The van der Waals surface area contributed by atoms with Crippen molar-refractivity contribution in [2.75, 3.05) is 13.7 Å². The minimum atomic E-state index is -0.0278. The Labute approximate surface area is 62.9 Å². The lowest BCUT2D eigenvalue weighted by Crippen LogP contribution is -2.48. The summed E-state index contributed by atoms with van der Waals surface area (Å²) in [5, 5.41) is 3.21. The van der Waals surface area contributed by atoms with Gasteiger partial charge < -0.3 is 10.5 Å². The molecule has 10 heavy (non-hydrogen) atoms. The molecule has 0 spiro atoms. The second-order valence-electron chi connectivity index (χ2n) is 3.35. The van der Waals surface area contributed by atoms with Crippen molar-refractivity contribution in [1.82, 2.24) is 5.32 Å². The highest BCUT2D eigenvalue weighted by Crippen LogP contribution is 2.00. The first-order chi connectivity index (χ1) is 4.49. The third kappa shape index (κ3) is 4.73. The summed E-state index contributed by atoms with van der Waals surface area (Å²) in [7, 11) is 1.65. The summed E-state index contributed by atoms with van der Waals surface area (Å²) in [4.78, 5) is 0. The van der Waals surface area contributed by atoms with E-state index >= 15 is 0 Å². The smallest absolute Gasteiger partial charge is 0.120 e. The Bertz CT molecular complexity index is 84.1. The molecule has 0 aromatic carbocycles.